The molecule has 41 heavy (non-hydrogen) atoms. The van der Waals surface area contributed by atoms with Crippen LogP contribution in [0.3, 0.4) is 0 Å². The van der Waals surface area contributed by atoms with E-state index >= 15 is 0 Å². The molecule has 0 saturated carbocycles. The van der Waals surface area contributed by atoms with Gasteiger partial charge in [-0.2, -0.15) is 5.10 Å². The molecular weight excluding hydrogens is 555 g/mol. The van der Waals surface area contributed by atoms with Crippen molar-refractivity contribution >= 4 is 40.3 Å². The Balaban J connectivity index is 1.41. The van der Waals surface area contributed by atoms with Crippen molar-refractivity contribution < 1.29 is 19.0 Å². The van der Waals surface area contributed by atoms with Gasteiger partial charge >= 0.3 is 0 Å². The third-order valence-electron chi connectivity index (χ3n) is 6.60. The molecule has 1 saturated heterocycles. The second-order valence-corrected chi connectivity index (χ2v) is 11.0. The summed E-state index contributed by atoms with van der Waals surface area (Å²) in [5.74, 6) is 2.03. The summed E-state index contributed by atoms with van der Waals surface area (Å²) in [5, 5.41) is 4.90. The van der Waals surface area contributed by atoms with Gasteiger partial charge in [0.25, 0.3) is 5.91 Å². The maximum Gasteiger partial charge on any atom is 0.266 e. The summed E-state index contributed by atoms with van der Waals surface area (Å²) < 4.78 is 18.9. The number of benzene rings is 3. The van der Waals surface area contributed by atoms with Crippen LogP contribution in [-0.2, 0) is 11.2 Å². The molecule has 0 radical (unpaired) electrons. The van der Waals surface area contributed by atoms with Crippen molar-refractivity contribution in [1.29, 1.82) is 0 Å². The Kier molecular flexibility index (Phi) is 9.06. The summed E-state index contributed by atoms with van der Waals surface area (Å²) in [5.41, 5.74) is 4.49. The third-order valence-corrected chi connectivity index (χ3v) is 7.97. The molecule has 0 aliphatic carbocycles. The molecule has 1 aliphatic rings. The zero-order valence-corrected chi connectivity index (χ0v) is 24.8. The molecule has 0 spiro atoms. The molecule has 4 aromatic rings. The fourth-order valence-corrected chi connectivity index (χ4v) is 5.77. The number of thioether (sulfide) groups is 1. The number of methoxy groups -OCH3 is 2. The Hall–Kier alpha value is -4.08. The van der Waals surface area contributed by atoms with E-state index in [0.717, 1.165) is 40.2 Å². The number of para-hydroxylation sites is 1. The first-order chi connectivity index (χ1) is 20.0. The van der Waals surface area contributed by atoms with Crippen LogP contribution in [0.2, 0.25) is 0 Å². The Morgan fingerprint density at radius 3 is 2.44 bits per heavy atom. The molecule has 0 atom stereocenters. The van der Waals surface area contributed by atoms with E-state index in [1.165, 1.54) is 11.8 Å². The lowest BCUT2D eigenvalue weighted by atomic mass is 10.1. The zero-order chi connectivity index (χ0) is 28.8. The van der Waals surface area contributed by atoms with Gasteiger partial charge in [-0.3, -0.25) is 9.69 Å². The van der Waals surface area contributed by atoms with Crippen LogP contribution in [0, 0.1) is 0 Å². The highest BCUT2D eigenvalue weighted by Crippen LogP contribution is 2.36. The second-order valence-electron chi connectivity index (χ2n) is 9.36. The third kappa shape index (κ3) is 6.47. The van der Waals surface area contributed by atoms with Crippen molar-refractivity contribution in [1.82, 2.24) is 14.7 Å². The van der Waals surface area contributed by atoms with Crippen molar-refractivity contribution in [3.63, 3.8) is 0 Å². The van der Waals surface area contributed by atoms with Crippen LogP contribution in [0.15, 0.2) is 83.9 Å². The Bertz CT molecular complexity index is 1570. The molecule has 2 heterocycles. The maximum atomic E-state index is 13.5. The predicted octanol–water partition coefficient (Wildman–Crippen LogP) is 6.79. The number of amides is 1. The molecule has 7 nitrogen and oxygen atoms in total. The molecule has 1 amide bonds. The van der Waals surface area contributed by atoms with Gasteiger partial charge in [-0.25, -0.2) is 4.68 Å². The molecule has 210 valence electrons. The number of nitrogens with zero attached hydrogens (tertiary/aromatic N) is 3. The number of thiocarbonyl (C=S) groups is 1. The zero-order valence-electron chi connectivity index (χ0n) is 23.2. The van der Waals surface area contributed by atoms with E-state index in [4.69, 9.17) is 31.5 Å². The van der Waals surface area contributed by atoms with Gasteiger partial charge in [-0.05, 0) is 73.0 Å². The number of hydrogen-bond donors (Lipinski definition) is 0. The quantitative estimate of drug-likeness (QED) is 0.142. The van der Waals surface area contributed by atoms with Gasteiger partial charge in [-0.15, -0.1) is 0 Å². The van der Waals surface area contributed by atoms with Crippen molar-refractivity contribution in [2.24, 2.45) is 0 Å². The summed E-state index contributed by atoms with van der Waals surface area (Å²) in [6.07, 6.45) is 5.41. The van der Waals surface area contributed by atoms with E-state index < -0.39 is 0 Å². The minimum Gasteiger partial charge on any atom is -0.494 e. The van der Waals surface area contributed by atoms with Crippen LogP contribution in [0.5, 0.6) is 17.2 Å². The van der Waals surface area contributed by atoms with Gasteiger partial charge in [-0.1, -0.05) is 55.2 Å². The van der Waals surface area contributed by atoms with Gasteiger partial charge in [0.1, 0.15) is 10.1 Å². The lowest BCUT2D eigenvalue weighted by molar-refractivity contribution is -0.122. The first-order valence-electron chi connectivity index (χ1n) is 13.3. The summed E-state index contributed by atoms with van der Waals surface area (Å²) in [6.45, 7) is 3.21. The van der Waals surface area contributed by atoms with E-state index in [1.54, 1.807) is 19.1 Å². The molecule has 0 bridgehead atoms. The average Bonchev–Trinajstić information content (AvgIpc) is 3.55. The first kappa shape index (κ1) is 28.4. The molecule has 1 aromatic heterocycles. The van der Waals surface area contributed by atoms with Crippen LogP contribution >= 0.6 is 24.0 Å². The largest absolute Gasteiger partial charge is 0.494 e. The van der Waals surface area contributed by atoms with E-state index in [-0.39, 0.29) is 5.91 Å². The second kappa shape index (κ2) is 13.1. The highest BCUT2D eigenvalue weighted by Gasteiger charge is 2.32. The van der Waals surface area contributed by atoms with Crippen LogP contribution in [0.1, 0.15) is 24.5 Å². The molecular formula is C32H31N3O4S2. The van der Waals surface area contributed by atoms with Gasteiger partial charge in [0.05, 0.1) is 37.1 Å². The molecule has 3 aromatic carbocycles. The molecule has 5 rings (SSSR count). The van der Waals surface area contributed by atoms with E-state index in [1.807, 2.05) is 89.8 Å². The normalized spacial score (nSPS) is 14.1. The molecule has 9 heteroatoms. The number of rotatable bonds is 11. The predicted molar refractivity (Wildman–Crippen MR) is 168 cm³/mol. The van der Waals surface area contributed by atoms with E-state index in [0.29, 0.717) is 40.3 Å². The SMILES string of the molecule is CCCOc1ccc(-c2nn(-c3ccccc3)cc2C=C2SC(=S)N(CCc3ccc(OC)c(OC)c3)C2=O)cc1. The lowest BCUT2D eigenvalue weighted by Crippen LogP contribution is -2.30. The van der Waals surface area contributed by atoms with Crippen molar-refractivity contribution in [2.75, 3.05) is 27.4 Å². The highest BCUT2D eigenvalue weighted by molar-refractivity contribution is 8.26. The molecule has 0 unspecified atom stereocenters. The minimum atomic E-state index is -0.109. The molecule has 1 fully saturated rings. The van der Waals surface area contributed by atoms with E-state index in [9.17, 15) is 4.79 Å². The summed E-state index contributed by atoms with van der Waals surface area (Å²) in [7, 11) is 3.22. The van der Waals surface area contributed by atoms with Gasteiger partial charge in [0.15, 0.2) is 11.5 Å². The van der Waals surface area contributed by atoms with Crippen LogP contribution in [-0.4, -0.2) is 52.3 Å². The monoisotopic (exact) mass is 585 g/mol. The van der Waals surface area contributed by atoms with E-state index in [2.05, 4.69) is 6.92 Å². The number of ether oxygens (including phenoxy) is 3. The molecule has 1 aliphatic heterocycles. The number of hydrogen-bond acceptors (Lipinski definition) is 7. The number of carbonyl (C=O) groups excluding carboxylic acids is 1. The topological polar surface area (TPSA) is 65.8 Å². The smallest absolute Gasteiger partial charge is 0.266 e. The standard InChI is InChI=1S/C32H31N3O4S2/c1-4-18-39-26-13-11-23(12-14-26)30-24(21-35(33-30)25-8-6-5-7-9-25)20-29-31(36)34(32(40)41-29)17-16-22-10-15-27(37-2)28(19-22)38-3/h5-15,19-21H,4,16-18H2,1-3H3. The van der Waals surface area contributed by atoms with Gasteiger partial charge in [0.2, 0.25) is 0 Å². The van der Waals surface area contributed by atoms with Crippen LogP contribution in [0.25, 0.3) is 23.0 Å². The number of aromatic nitrogens is 2. The fraction of sp³-hybridized carbons (Fsp3) is 0.219. The average molecular weight is 586 g/mol. The summed E-state index contributed by atoms with van der Waals surface area (Å²) >= 11 is 6.93. The van der Waals surface area contributed by atoms with Crippen LogP contribution in [0.4, 0.5) is 0 Å². The van der Waals surface area contributed by atoms with Gasteiger partial charge in [0, 0.05) is 23.9 Å². The Morgan fingerprint density at radius 1 is 0.976 bits per heavy atom. The Labute approximate surface area is 249 Å². The highest BCUT2D eigenvalue weighted by atomic mass is 32.2. The fourth-order valence-electron chi connectivity index (χ4n) is 4.47. The molecule has 0 N–H and O–H groups in total. The van der Waals surface area contributed by atoms with Crippen molar-refractivity contribution in [2.45, 2.75) is 19.8 Å². The van der Waals surface area contributed by atoms with Crippen LogP contribution < -0.4 is 14.2 Å². The maximum absolute atomic E-state index is 13.5. The minimum absolute atomic E-state index is 0.109. The van der Waals surface area contributed by atoms with Gasteiger partial charge < -0.3 is 14.2 Å². The summed E-state index contributed by atoms with van der Waals surface area (Å²) in [4.78, 5) is 15.7. The number of carbonyl (C=O) groups is 1. The first-order valence-corrected chi connectivity index (χ1v) is 14.6. The van der Waals surface area contributed by atoms with Crippen molar-refractivity contribution in [3.8, 4) is 34.2 Å². The lowest BCUT2D eigenvalue weighted by Gasteiger charge is -2.15. The van der Waals surface area contributed by atoms with Crippen molar-refractivity contribution in [3.05, 3.63) is 95.0 Å². The Morgan fingerprint density at radius 2 is 1.73 bits per heavy atom. The summed E-state index contributed by atoms with van der Waals surface area (Å²) in [6, 6.07) is 23.6.